The second-order valence-electron chi connectivity index (χ2n) is 14.9. The Hall–Kier alpha value is -6.77. The van der Waals surface area contributed by atoms with Crippen LogP contribution in [0.3, 0.4) is 0 Å². The normalized spacial score (nSPS) is 14.7. The number of benzene rings is 9. The van der Waals surface area contributed by atoms with Gasteiger partial charge in [0.05, 0.1) is 22.9 Å². The zero-order valence-electron chi connectivity index (χ0n) is 31.6. The Kier molecular flexibility index (Phi) is 8.33. The lowest BCUT2D eigenvalue weighted by molar-refractivity contribution is 1.18. The zero-order valence-corrected chi connectivity index (χ0v) is 33.3. The van der Waals surface area contributed by atoms with Gasteiger partial charge in [0.25, 0.3) is 0 Å². The Balaban J connectivity index is 1.10. The Bertz CT molecular complexity index is 3140. The molecule has 10 aromatic rings. The van der Waals surface area contributed by atoms with Crippen molar-refractivity contribution in [3.05, 3.63) is 224 Å². The highest BCUT2D eigenvalue weighted by atomic mass is 32.4. The molecule has 58 heavy (non-hydrogen) atoms. The molecule has 4 heteroatoms. The van der Waals surface area contributed by atoms with Crippen LogP contribution in [0.1, 0.15) is 0 Å². The maximum Gasteiger partial charge on any atom is 0.0979 e. The van der Waals surface area contributed by atoms with Gasteiger partial charge < -0.3 is 9.24 Å². The van der Waals surface area contributed by atoms with Crippen molar-refractivity contribution in [2.75, 3.05) is 4.67 Å². The first-order valence-corrected chi connectivity index (χ1v) is 22.5. The van der Waals surface area contributed by atoms with E-state index in [4.69, 9.17) is 11.8 Å². The molecule has 0 N–H and O–H groups in total. The molecule has 0 bridgehead atoms. The summed E-state index contributed by atoms with van der Waals surface area (Å²) in [6.07, 6.45) is -2.48. The van der Waals surface area contributed by atoms with Crippen molar-refractivity contribution in [2.24, 2.45) is 0 Å². The monoisotopic (exact) mass is 776 g/mol. The van der Waals surface area contributed by atoms with Crippen LogP contribution in [0.25, 0.3) is 72.0 Å². The van der Waals surface area contributed by atoms with Gasteiger partial charge in [-0.1, -0.05) is 176 Å². The van der Waals surface area contributed by atoms with Crippen LogP contribution < -0.4 is 15.3 Å². The van der Waals surface area contributed by atoms with Gasteiger partial charge in [-0.3, -0.25) is 0 Å². The van der Waals surface area contributed by atoms with Gasteiger partial charge in [-0.2, -0.15) is 0 Å². The van der Waals surface area contributed by atoms with Crippen molar-refractivity contribution in [3.63, 3.8) is 0 Å². The summed E-state index contributed by atoms with van der Waals surface area (Å²) in [6.45, 7) is 0. The molecule has 0 fully saturated rings. The number of hydrogen-bond donors (Lipinski definition) is 0. The molecule has 1 aromatic heterocycles. The molecular weight excluding hydrogens is 740 g/mol. The number of para-hydroxylation sites is 2. The lowest BCUT2D eigenvalue weighted by Crippen LogP contribution is -2.33. The number of aromatic nitrogens is 1. The molecule has 2 nitrogen and oxygen atoms in total. The van der Waals surface area contributed by atoms with E-state index in [2.05, 4.69) is 234 Å². The van der Waals surface area contributed by atoms with Gasteiger partial charge >= 0.3 is 0 Å². The highest BCUT2D eigenvalue weighted by Gasteiger charge is 2.39. The van der Waals surface area contributed by atoms with Gasteiger partial charge in [0.2, 0.25) is 0 Å². The van der Waals surface area contributed by atoms with E-state index < -0.39 is 6.19 Å². The van der Waals surface area contributed by atoms with Gasteiger partial charge in [-0.05, 0) is 99.6 Å². The Morgan fingerprint density at radius 1 is 0.345 bits per heavy atom. The molecule has 9 aromatic carbocycles. The number of anilines is 2. The van der Waals surface area contributed by atoms with Crippen molar-refractivity contribution < 1.29 is 0 Å². The van der Waals surface area contributed by atoms with Crippen LogP contribution >= 0.6 is 6.19 Å². The fourth-order valence-electron chi connectivity index (χ4n) is 8.86. The fraction of sp³-hybridized carbons (Fsp3) is 0. The van der Waals surface area contributed by atoms with Gasteiger partial charge in [-0.15, -0.1) is 0 Å². The summed E-state index contributed by atoms with van der Waals surface area (Å²) < 4.78 is 4.90. The summed E-state index contributed by atoms with van der Waals surface area (Å²) in [5.74, 6) is 0. The maximum atomic E-state index is 6.93. The number of nitrogens with zero attached hydrogens (tertiary/aromatic N) is 2. The molecule has 2 heterocycles. The third-order valence-corrected chi connectivity index (χ3v) is 16.3. The van der Waals surface area contributed by atoms with E-state index in [1.807, 2.05) is 0 Å². The average molecular weight is 777 g/mol. The fourth-order valence-corrected chi connectivity index (χ4v) is 13.3. The molecule has 11 rings (SSSR count). The Morgan fingerprint density at radius 2 is 0.897 bits per heavy atom. The molecule has 1 unspecified atom stereocenters. The minimum absolute atomic E-state index is 1.11. The van der Waals surface area contributed by atoms with Crippen molar-refractivity contribution in [1.82, 2.24) is 4.57 Å². The zero-order chi connectivity index (χ0) is 38.6. The summed E-state index contributed by atoms with van der Waals surface area (Å²) in [5.41, 5.74) is 15.3. The highest BCUT2D eigenvalue weighted by Crippen LogP contribution is 2.61. The Morgan fingerprint density at radius 3 is 1.60 bits per heavy atom. The minimum Gasteiger partial charge on any atom is -0.309 e. The van der Waals surface area contributed by atoms with Crippen LogP contribution in [-0.2, 0) is 11.8 Å². The van der Waals surface area contributed by atoms with Crippen LogP contribution in [0.2, 0.25) is 0 Å². The van der Waals surface area contributed by atoms with E-state index in [9.17, 15) is 0 Å². The van der Waals surface area contributed by atoms with Crippen LogP contribution in [0, 0.1) is 0 Å². The molecule has 274 valence electrons. The van der Waals surface area contributed by atoms with Crippen molar-refractivity contribution in [3.8, 4) is 50.2 Å². The third kappa shape index (κ3) is 5.58. The quantitative estimate of drug-likeness (QED) is 0.155. The Labute approximate surface area is 344 Å². The molecule has 1 aliphatic rings. The van der Waals surface area contributed by atoms with Crippen LogP contribution in [0.4, 0.5) is 11.4 Å². The van der Waals surface area contributed by atoms with E-state index in [1.54, 1.807) is 0 Å². The molecule has 0 saturated heterocycles. The first-order chi connectivity index (χ1) is 28.6. The molecule has 0 radical (unpaired) electrons. The minimum atomic E-state index is -2.48. The molecular formula is C54H37N2PS. The largest absolute Gasteiger partial charge is 0.309 e. The first-order valence-electron chi connectivity index (χ1n) is 19.7. The second-order valence-corrected chi connectivity index (χ2v) is 19.0. The predicted molar refractivity (Wildman–Crippen MR) is 251 cm³/mol. The standard InChI is InChI=1S/C54H37N2PS/c58-57(46-23-11-4-12-24-46)54-28-16-14-26-48(54)50-37-41(30-32-53(50)56(57)44-21-9-3-10-22-44)40-29-31-52-49(36-40)47-25-13-15-27-51(47)55(52)45-34-42(38-17-5-1-6-18-38)33-43(35-45)39-19-7-2-8-20-39/h1-37H. The van der Waals surface area contributed by atoms with E-state index in [0.717, 1.165) is 17.1 Å². The predicted octanol–water partition coefficient (Wildman–Crippen LogP) is 13.9. The lowest BCUT2D eigenvalue weighted by Gasteiger charge is -2.43. The summed E-state index contributed by atoms with van der Waals surface area (Å²) >= 11 is 6.93. The van der Waals surface area contributed by atoms with Gasteiger partial charge in [0.1, 0.15) is 0 Å². The van der Waals surface area contributed by atoms with Crippen LogP contribution in [0.5, 0.6) is 0 Å². The van der Waals surface area contributed by atoms with Gasteiger partial charge in [-0.25, -0.2) is 0 Å². The van der Waals surface area contributed by atoms with Crippen molar-refractivity contribution >= 4 is 61.8 Å². The van der Waals surface area contributed by atoms with E-state index in [1.165, 1.54) is 76.9 Å². The van der Waals surface area contributed by atoms with Crippen LogP contribution in [-0.4, -0.2) is 4.57 Å². The number of fused-ring (bicyclic) bond motifs is 6. The van der Waals surface area contributed by atoms with Crippen LogP contribution in [0.15, 0.2) is 224 Å². The number of hydrogen-bond acceptors (Lipinski definition) is 1. The SMILES string of the molecule is S=P1(c2ccccc2)c2ccccc2-c2cc(-c3ccc4c(c3)c3ccccc3n4-c3cc(-c4ccccc4)cc(-c4ccccc4)c3)ccc2N1c1ccccc1. The highest BCUT2D eigenvalue weighted by molar-refractivity contribution is 8.23. The first kappa shape index (κ1) is 34.5. The average Bonchev–Trinajstić information content (AvgIpc) is 3.64. The summed E-state index contributed by atoms with van der Waals surface area (Å²) in [7, 11) is 0. The number of rotatable bonds is 6. The van der Waals surface area contributed by atoms with E-state index >= 15 is 0 Å². The van der Waals surface area contributed by atoms with Crippen molar-refractivity contribution in [1.29, 1.82) is 0 Å². The van der Waals surface area contributed by atoms with Gasteiger partial charge in [0, 0.05) is 38.3 Å². The summed E-state index contributed by atoms with van der Waals surface area (Å²) in [6, 6.07) is 81.3. The summed E-state index contributed by atoms with van der Waals surface area (Å²) in [4.78, 5) is 0. The molecule has 0 aliphatic carbocycles. The third-order valence-electron chi connectivity index (χ3n) is 11.5. The van der Waals surface area contributed by atoms with E-state index in [-0.39, 0.29) is 0 Å². The molecule has 0 spiro atoms. The molecule has 1 aliphatic heterocycles. The van der Waals surface area contributed by atoms with E-state index in [0.29, 0.717) is 0 Å². The molecule has 0 amide bonds. The second kappa shape index (κ2) is 14.0. The topological polar surface area (TPSA) is 8.17 Å². The summed E-state index contributed by atoms with van der Waals surface area (Å²) in [5, 5.41) is 4.86. The maximum absolute atomic E-state index is 6.93. The van der Waals surface area contributed by atoms with Gasteiger partial charge in [0.15, 0.2) is 0 Å². The molecule has 0 saturated carbocycles. The smallest absolute Gasteiger partial charge is 0.0979 e. The lowest BCUT2D eigenvalue weighted by atomic mass is 9.96. The molecule has 1 atom stereocenters. The van der Waals surface area contributed by atoms with Crippen molar-refractivity contribution in [2.45, 2.75) is 0 Å².